The molecule has 0 spiro atoms. The molecule has 1 rings (SSSR count). The van der Waals surface area contributed by atoms with Crippen LogP contribution in [0.1, 0.15) is 39.5 Å². The van der Waals surface area contributed by atoms with Gasteiger partial charge in [0.2, 0.25) is 0 Å². The van der Waals surface area contributed by atoms with E-state index >= 15 is 0 Å². The molecule has 120 valence electrons. The van der Waals surface area contributed by atoms with Crippen LogP contribution in [0.15, 0.2) is 23.1 Å². The predicted octanol–water partition coefficient (Wildman–Crippen LogP) is 4.33. The Labute approximate surface area is 137 Å². The SMILES string of the molecule is CCCNC(C)CCCCS(=O)(=O)c1ccc(Cl)c(Cl)c1. The summed E-state index contributed by atoms with van der Waals surface area (Å²) in [6.07, 6.45) is 3.63. The fourth-order valence-electron chi connectivity index (χ4n) is 2.02. The van der Waals surface area contributed by atoms with Crippen LogP contribution >= 0.6 is 23.2 Å². The van der Waals surface area contributed by atoms with Crippen molar-refractivity contribution < 1.29 is 8.42 Å². The maximum Gasteiger partial charge on any atom is 0.178 e. The van der Waals surface area contributed by atoms with Gasteiger partial charge in [-0.15, -0.1) is 0 Å². The maximum atomic E-state index is 12.2. The van der Waals surface area contributed by atoms with Crippen molar-refractivity contribution in [2.45, 2.75) is 50.5 Å². The summed E-state index contributed by atoms with van der Waals surface area (Å²) in [4.78, 5) is 0.244. The van der Waals surface area contributed by atoms with E-state index in [0.717, 1.165) is 25.8 Å². The molecule has 0 radical (unpaired) electrons. The molecule has 0 heterocycles. The largest absolute Gasteiger partial charge is 0.314 e. The van der Waals surface area contributed by atoms with Crippen LogP contribution in [0, 0.1) is 0 Å². The van der Waals surface area contributed by atoms with Gasteiger partial charge in [-0.25, -0.2) is 8.42 Å². The average Bonchev–Trinajstić information content (AvgIpc) is 2.44. The second-order valence-electron chi connectivity index (χ2n) is 5.25. The minimum atomic E-state index is -3.28. The zero-order valence-electron chi connectivity index (χ0n) is 12.5. The van der Waals surface area contributed by atoms with Crippen molar-refractivity contribution in [1.82, 2.24) is 5.32 Å². The van der Waals surface area contributed by atoms with E-state index in [4.69, 9.17) is 23.2 Å². The molecule has 0 bridgehead atoms. The molecule has 0 aromatic heterocycles. The van der Waals surface area contributed by atoms with Gasteiger partial charge in [-0.2, -0.15) is 0 Å². The number of hydrogen-bond donors (Lipinski definition) is 1. The third-order valence-corrected chi connectivity index (χ3v) is 5.83. The second kappa shape index (κ2) is 8.99. The highest BCUT2D eigenvalue weighted by Crippen LogP contribution is 2.25. The van der Waals surface area contributed by atoms with E-state index in [1.807, 2.05) is 0 Å². The second-order valence-corrected chi connectivity index (χ2v) is 8.17. The fraction of sp³-hybridized carbons (Fsp3) is 0.600. The molecule has 0 fully saturated rings. The molecule has 1 unspecified atom stereocenters. The molecule has 3 nitrogen and oxygen atoms in total. The summed E-state index contributed by atoms with van der Waals surface area (Å²) in [6, 6.07) is 4.88. The van der Waals surface area contributed by atoms with Crippen LogP contribution in [0.5, 0.6) is 0 Å². The first-order valence-electron chi connectivity index (χ1n) is 7.28. The van der Waals surface area contributed by atoms with Crippen molar-refractivity contribution in [1.29, 1.82) is 0 Å². The fourth-order valence-corrected chi connectivity index (χ4v) is 3.78. The van der Waals surface area contributed by atoms with Gasteiger partial charge >= 0.3 is 0 Å². The van der Waals surface area contributed by atoms with Crippen LogP contribution in [0.3, 0.4) is 0 Å². The molecule has 0 aliphatic carbocycles. The monoisotopic (exact) mass is 351 g/mol. The first-order chi connectivity index (χ1) is 9.86. The number of halogens is 2. The Hall–Kier alpha value is -0.290. The van der Waals surface area contributed by atoms with Crippen LogP contribution in [0.2, 0.25) is 10.0 Å². The molecule has 1 aromatic carbocycles. The number of nitrogens with one attached hydrogen (secondary N) is 1. The Bertz CT molecular complexity index is 547. The smallest absolute Gasteiger partial charge is 0.178 e. The van der Waals surface area contributed by atoms with Gasteiger partial charge in [0.1, 0.15) is 0 Å². The van der Waals surface area contributed by atoms with E-state index in [0.29, 0.717) is 17.5 Å². The number of benzene rings is 1. The quantitative estimate of drug-likeness (QED) is 0.673. The lowest BCUT2D eigenvalue weighted by atomic mass is 10.1. The molecule has 0 aliphatic heterocycles. The van der Waals surface area contributed by atoms with Gasteiger partial charge in [0.15, 0.2) is 9.84 Å². The molecule has 0 saturated heterocycles. The van der Waals surface area contributed by atoms with E-state index in [1.54, 1.807) is 0 Å². The maximum absolute atomic E-state index is 12.2. The third-order valence-electron chi connectivity index (χ3n) is 3.29. The van der Waals surface area contributed by atoms with Gasteiger partial charge in [0, 0.05) is 6.04 Å². The summed E-state index contributed by atoms with van der Waals surface area (Å²) < 4.78 is 24.4. The highest BCUT2D eigenvalue weighted by Gasteiger charge is 2.15. The van der Waals surface area contributed by atoms with E-state index in [1.165, 1.54) is 18.2 Å². The van der Waals surface area contributed by atoms with Crippen molar-refractivity contribution in [2.75, 3.05) is 12.3 Å². The zero-order valence-corrected chi connectivity index (χ0v) is 14.9. The molecular formula is C15H23Cl2NO2S. The lowest BCUT2D eigenvalue weighted by molar-refractivity contribution is 0.494. The Morgan fingerprint density at radius 3 is 2.52 bits per heavy atom. The van der Waals surface area contributed by atoms with Crippen molar-refractivity contribution >= 4 is 33.0 Å². The van der Waals surface area contributed by atoms with Gasteiger partial charge in [-0.05, 0) is 50.9 Å². The van der Waals surface area contributed by atoms with Crippen molar-refractivity contribution in [3.8, 4) is 0 Å². The Morgan fingerprint density at radius 1 is 1.19 bits per heavy atom. The number of sulfone groups is 1. The lowest BCUT2D eigenvalue weighted by Crippen LogP contribution is -2.26. The standard InChI is InChI=1S/C15H23Cl2NO2S/c1-3-9-18-12(2)6-4-5-10-21(19,20)13-7-8-14(16)15(17)11-13/h7-8,11-12,18H,3-6,9-10H2,1-2H3. The summed E-state index contributed by atoms with van der Waals surface area (Å²) in [5.41, 5.74) is 0. The lowest BCUT2D eigenvalue weighted by Gasteiger charge is -2.12. The Balaban J connectivity index is 2.44. The Morgan fingerprint density at radius 2 is 1.90 bits per heavy atom. The van der Waals surface area contributed by atoms with Crippen LogP contribution in [-0.2, 0) is 9.84 Å². The highest BCUT2D eigenvalue weighted by atomic mass is 35.5. The molecule has 1 atom stereocenters. The van der Waals surface area contributed by atoms with Gasteiger partial charge < -0.3 is 5.32 Å². The van der Waals surface area contributed by atoms with Gasteiger partial charge in [0.05, 0.1) is 20.7 Å². The van der Waals surface area contributed by atoms with Crippen molar-refractivity contribution in [2.24, 2.45) is 0 Å². The van der Waals surface area contributed by atoms with Gasteiger partial charge in [-0.3, -0.25) is 0 Å². The summed E-state index contributed by atoms with van der Waals surface area (Å²) in [5.74, 6) is 0.144. The minimum absolute atomic E-state index is 0.144. The third kappa shape index (κ3) is 6.55. The van der Waals surface area contributed by atoms with E-state index < -0.39 is 9.84 Å². The number of unbranched alkanes of at least 4 members (excludes halogenated alkanes) is 1. The van der Waals surface area contributed by atoms with Crippen LogP contribution in [0.25, 0.3) is 0 Å². The number of rotatable bonds is 9. The summed E-state index contributed by atoms with van der Waals surface area (Å²) in [5, 5.41) is 4.03. The molecule has 21 heavy (non-hydrogen) atoms. The molecular weight excluding hydrogens is 329 g/mol. The minimum Gasteiger partial charge on any atom is -0.314 e. The normalized spacial score (nSPS) is 13.3. The first-order valence-corrected chi connectivity index (χ1v) is 9.69. The molecule has 0 saturated carbocycles. The molecule has 0 amide bonds. The van der Waals surface area contributed by atoms with Crippen molar-refractivity contribution in [3.05, 3.63) is 28.2 Å². The van der Waals surface area contributed by atoms with Crippen LogP contribution in [-0.4, -0.2) is 26.8 Å². The predicted molar refractivity (Wildman–Crippen MR) is 90.1 cm³/mol. The molecule has 1 aromatic rings. The highest BCUT2D eigenvalue weighted by molar-refractivity contribution is 7.91. The average molecular weight is 352 g/mol. The van der Waals surface area contributed by atoms with E-state index in [9.17, 15) is 8.42 Å². The van der Waals surface area contributed by atoms with Gasteiger partial charge in [-0.1, -0.05) is 36.5 Å². The van der Waals surface area contributed by atoms with Gasteiger partial charge in [0.25, 0.3) is 0 Å². The van der Waals surface area contributed by atoms with E-state index in [-0.39, 0.29) is 15.7 Å². The molecule has 6 heteroatoms. The molecule has 0 aliphatic rings. The first kappa shape index (κ1) is 18.8. The van der Waals surface area contributed by atoms with E-state index in [2.05, 4.69) is 19.2 Å². The zero-order chi connectivity index (χ0) is 15.9. The number of hydrogen-bond acceptors (Lipinski definition) is 3. The van der Waals surface area contributed by atoms with Crippen LogP contribution in [0.4, 0.5) is 0 Å². The summed E-state index contributed by atoms with van der Waals surface area (Å²) in [7, 11) is -3.28. The topological polar surface area (TPSA) is 46.2 Å². The summed E-state index contributed by atoms with van der Waals surface area (Å²) in [6.45, 7) is 5.26. The summed E-state index contributed by atoms with van der Waals surface area (Å²) >= 11 is 11.7. The van der Waals surface area contributed by atoms with Crippen molar-refractivity contribution in [3.63, 3.8) is 0 Å². The Kier molecular flexibility index (Phi) is 8.03. The van der Waals surface area contributed by atoms with Crippen LogP contribution < -0.4 is 5.32 Å². The molecule has 1 N–H and O–H groups in total.